The molecule has 1 fully saturated rings. The van der Waals surface area contributed by atoms with Crippen LogP contribution in [0.3, 0.4) is 0 Å². The monoisotopic (exact) mass is 286 g/mol. The van der Waals surface area contributed by atoms with Crippen molar-refractivity contribution in [2.45, 2.75) is 43.7 Å². The van der Waals surface area contributed by atoms with E-state index in [4.69, 9.17) is 0 Å². The number of carbonyl (C=O) groups excluding carboxylic acids is 1. The normalized spacial score (nSPS) is 20.9. The van der Waals surface area contributed by atoms with E-state index < -0.39 is 16.1 Å². The second-order valence-electron chi connectivity index (χ2n) is 4.51. The largest absolute Gasteiger partial charge is 0.355 e. The van der Waals surface area contributed by atoms with E-state index in [2.05, 4.69) is 20.0 Å². The minimum absolute atomic E-state index is 0.00129. The van der Waals surface area contributed by atoms with Crippen LogP contribution in [0.25, 0.3) is 0 Å². The van der Waals surface area contributed by atoms with Crippen molar-refractivity contribution in [3.63, 3.8) is 0 Å². The number of rotatable bonds is 4. The summed E-state index contributed by atoms with van der Waals surface area (Å²) in [6.07, 6.45) is 4.10. The second-order valence-corrected chi connectivity index (χ2v) is 6.19. The average Bonchev–Trinajstić information content (AvgIpc) is 2.78. The van der Waals surface area contributed by atoms with Crippen molar-refractivity contribution < 1.29 is 13.2 Å². The first-order valence-corrected chi connectivity index (χ1v) is 7.85. The minimum atomic E-state index is -3.73. The quantitative estimate of drug-likeness (QED) is 0.720. The highest BCUT2D eigenvalue weighted by molar-refractivity contribution is 7.89. The topological polar surface area (TPSA) is 104 Å². The number of carbonyl (C=O) groups is 1. The number of nitrogens with zero attached hydrogens (tertiary/aromatic N) is 1. The fourth-order valence-electron chi connectivity index (χ4n) is 1.96. The predicted octanol–water partition coefficient (Wildman–Crippen LogP) is -0.0809. The summed E-state index contributed by atoms with van der Waals surface area (Å²) in [7, 11) is -3.73. The van der Waals surface area contributed by atoms with Gasteiger partial charge in [-0.1, -0.05) is 6.92 Å². The molecule has 2 heterocycles. The number of amides is 1. The highest BCUT2D eigenvalue weighted by atomic mass is 32.2. The third-order valence-electron chi connectivity index (χ3n) is 3.06. The number of aryl methyl sites for hydroxylation is 1. The van der Waals surface area contributed by atoms with Crippen LogP contribution in [-0.4, -0.2) is 36.9 Å². The summed E-state index contributed by atoms with van der Waals surface area (Å²) < 4.78 is 26.7. The zero-order chi connectivity index (χ0) is 13.9. The van der Waals surface area contributed by atoms with E-state index in [9.17, 15) is 13.2 Å². The molecule has 1 aliphatic heterocycles. The van der Waals surface area contributed by atoms with Crippen LogP contribution in [0.1, 0.15) is 32.0 Å². The van der Waals surface area contributed by atoms with E-state index >= 15 is 0 Å². The molecule has 0 spiro atoms. The van der Waals surface area contributed by atoms with E-state index in [1.54, 1.807) is 0 Å². The standard InChI is InChI=1S/C11H18N4O3S/c1-2-9-13-7-10(14-9)19(17,18)15-8-5-3-4-6-12-11(8)16/h7-8,15H,2-6H2,1H3,(H,12,16)(H,13,14). The summed E-state index contributed by atoms with van der Waals surface area (Å²) in [5.41, 5.74) is 0. The van der Waals surface area contributed by atoms with Crippen molar-refractivity contribution in [1.82, 2.24) is 20.0 Å². The SMILES string of the molecule is CCc1ncc(S(=O)(=O)NC2CCCCNC2=O)[nH]1. The number of aromatic amines is 1. The molecule has 0 radical (unpaired) electrons. The van der Waals surface area contributed by atoms with Gasteiger partial charge in [-0.15, -0.1) is 0 Å². The Labute approximate surface area is 112 Å². The molecule has 106 valence electrons. The van der Waals surface area contributed by atoms with Gasteiger partial charge in [0.2, 0.25) is 5.91 Å². The lowest BCUT2D eigenvalue weighted by atomic mass is 10.1. The number of sulfonamides is 1. The van der Waals surface area contributed by atoms with Gasteiger partial charge in [-0.05, 0) is 19.3 Å². The van der Waals surface area contributed by atoms with E-state index in [0.717, 1.165) is 12.8 Å². The summed E-state index contributed by atoms with van der Waals surface area (Å²) >= 11 is 0. The lowest BCUT2D eigenvalue weighted by Crippen LogP contribution is -2.45. The Morgan fingerprint density at radius 2 is 2.26 bits per heavy atom. The molecule has 0 aliphatic carbocycles. The van der Waals surface area contributed by atoms with Crippen molar-refractivity contribution in [2.24, 2.45) is 0 Å². The molecule has 1 saturated heterocycles. The molecule has 1 aliphatic rings. The molecule has 0 bridgehead atoms. The van der Waals surface area contributed by atoms with Gasteiger partial charge in [-0.25, -0.2) is 13.4 Å². The molecule has 1 atom stereocenters. The van der Waals surface area contributed by atoms with Crippen LogP contribution in [0, 0.1) is 0 Å². The molecule has 8 heteroatoms. The average molecular weight is 286 g/mol. The van der Waals surface area contributed by atoms with Crippen molar-refractivity contribution in [1.29, 1.82) is 0 Å². The number of nitrogens with one attached hydrogen (secondary N) is 3. The fourth-order valence-corrected chi connectivity index (χ4v) is 3.13. The predicted molar refractivity (Wildman–Crippen MR) is 68.9 cm³/mol. The van der Waals surface area contributed by atoms with Gasteiger partial charge in [-0.3, -0.25) is 4.79 Å². The van der Waals surface area contributed by atoms with E-state index in [1.807, 2.05) is 6.92 Å². The molecule has 0 aromatic carbocycles. The molecule has 2 rings (SSSR count). The molecule has 0 saturated carbocycles. The number of aromatic nitrogens is 2. The Morgan fingerprint density at radius 3 is 2.95 bits per heavy atom. The summed E-state index contributed by atoms with van der Waals surface area (Å²) in [6, 6.07) is -0.708. The van der Waals surface area contributed by atoms with Crippen LogP contribution in [0.15, 0.2) is 11.2 Å². The molecule has 3 N–H and O–H groups in total. The molecule has 1 unspecified atom stereocenters. The Bertz CT molecular complexity index is 552. The third kappa shape index (κ3) is 3.32. The van der Waals surface area contributed by atoms with Gasteiger partial charge in [0.25, 0.3) is 10.0 Å². The number of hydrogen-bond acceptors (Lipinski definition) is 4. The van der Waals surface area contributed by atoms with E-state index in [0.29, 0.717) is 25.2 Å². The first-order valence-electron chi connectivity index (χ1n) is 6.37. The lowest BCUT2D eigenvalue weighted by Gasteiger charge is -2.14. The van der Waals surface area contributed by atoms with Crippen LogP contribution in [0.2, 0.25) is 0 Å². The maximum Gasteiger partial charge on any atom is 0.258 e. The molecule has 1 aromatic heterocycles. The number of hydrogen-bond donors (Lipinski definition) is 3. The molecule has 7 nitrogen and oxygen atoms in total. The van der Waals surface area contributed by atoms with Gasteiger partial charge >= 0.3 is 0 Å². The summed E-state index contributed by atoms with van der Waals surface area (Å²) in [5.74, 6) is 0.335. The summed E-state index contributed by atoms with van der Waals surface area (Å²) in [5, 5.41) is 2.69. The number of H-pyrrole nitrogens is 1. The maximum absolute atomic E-state index is 12.1. The van der Waals surface area contributed by atoms with Crippen molar-refractivity contribution in [3.05, 3.63) is 12.0 Å². The zero-order valence-electron chi connectivity index (χ0n) is 10.8. The molecular weight excluding hydrogens is 268 g/mol. The van der Waals surface area contributed by atoms with Gasteiger partial charge < -0.3 is 10.3 Å². The van der Waals surface area contributed by atoms with Crippen molar-refractivity contribution in [2.75, 3.05) is 6.54 Å². The Kier molecular flexibility index (Phi) is 4.20. The third-order valence-corrected chi connectivity index (χ3v) is 4.44. The van der Waals surface area contributed by atoms with Gasteiger partial charge in [0, 0.05) is 13.0 Å². The van der Waals surface area contributed by atoms with Crippen LogP contribution in [0.5, 0.6) is 0 Å². The van der Waals surface area contributed by atoms with Gasteiger partial charge in [-0.2, -0.15) is 4.72 Å². The molecule has 1 aromatic rings. The summed E-state index contributed by atoms with van der Waals surface area (Å²) in [6.45, 7) is 2.47. The molecule has 19 heavy (non-hydrogen) atoms. The highest BCUT2D eigenvalue weighted by Crippen LogP contribution is 2.11. The van der Waals surface area contributed by atoms with Crippen LogP contribution >= 0.6 is 0 Å². The van der Waals surface area contributed by atoms with E-state index in [1.165, 1.54) is 6.20 Å². The first kappa shape index (κ1) is 14.0. The van der Waals surface area contributed by atoms with Gasteiger partial charge in [0.1, 0.15) is 11.9 Å². The van der Waals surface area contributed by atoms with Crippen LogP contribution in [-0.2, 0) is 21.2 Å². The Morgan fingerprint density at radius 1 is 1.47 bits per heavy atom. The molecule has 1 amide bonds. The summed E-state index contributed by atoms with van der Waals surface area (Å²) in [4.78, 5) is 18.4. The van der Waals surface area contributed by atoms with Crippen LogP contribution < -0.4 is 10.0 Å². The lowest BCUT2D eigenvalue weighted by molar-refractivity contribution is -0.122. The fraction of sp³-hybridized carbons (Fsp3) is 0.636. The Balaban J connectivity index is 2.13. The molecular formula is C11H18N4O3S. The van der Waals surface area contributed by atoms with Crippen molar-refractivity contribution in [3.8, 4) is 0 Å². The smallest absolute Gasteiger partial charge is 0.258 e. The van der Waals surface area contributed by atoms with Crippen molar-refractivity contribution >= 4 is 15.9 Å². The van der Waals surface area contributed by atoms with Gasteiger partial charge in [0.15, 0.2) is 5.03 Å². The number of imidazole rings is 1. The van der Waals surface area contributed by atoms with E-state index in [-0.39, 0.29) is 10.9 Å². The zero-order valence-corrected chi connectivity index (χ0v) is 11.6. The first-order chi connectivity index (χ1) is 9.03. The highest BCUT2D eigenvalue weighted by Gasteiger charge is 2.27. The van der Waals surface area contributed by atoms with Crippen LogP contribution in [0.4, 0.5) is 0 Å². The second kappa shape index (κ2) is 5.70. The maximum atomic E-state index is 12.1. The minimum Gasteiger partial charge on any atom is -0.355 e. The Hall–Kier alpha value is -1.41. The van der Waals surface area contributed by atoms with Gasteiger partial charge in [0.05, 0.1) is 6.20 Å².